The Hall–Kier alpha value is -2.31. The quantitative estimate of drug-likeness (QED) is 0.749. The summed E-state index contributed by atoms with van der Waals surface area (Å²) in [6, 6.07) is 8.11. The first-order valence-electron chi connectivity index (χ1n) is 8.36. The second-order valence-electron chi connectivity index (χ2n) is 6.64. The van der Waals surface area contributed by atoms with Gasteiger partial charge in [0.15, 0.2) is 0 Å². The van der Waals surface area contributed by atoms with Gasteiger partial charge in [-0.15, -0.1) is 11.3 Å². The SMILES string of the molecule is CC1(CNc2ncc(-c3ccncc3)c(-c3cccs3)n2)CCOC1. The van der Waals surface area contributed by atoms with Crippen LogP contribution in [0.4, 0.5) is 5.95 Å². The Labute approximate surface area is 151 Å². The van der Waals surface area contributed by atoms with Crippen molar-refractivity contribution >= 4 is 17.3 Å². The van der Waals surface area contributed by atoms with Crippen molar-refractivity contribution in [3.05, 3.63) is 48.2 Å². The summed E-state index contributed by atoms with van der Waals surface area (Å²) in [6.45, 7) is 4.66. The molecule has 1 aliphatic rings. The Bertz CT molecular complexity index is 830. The summed E-state index contributed by atoms with van der Waals surface area (Å²) in [5, 5.41) is 5.47. The van der Waals surface area contributed by atoms with Crippen molar-refractivity contribution in [3.8, 4) is 21.7 Å². The topological polar surface area (TPSA) is 59.9 Å². The van der Waals surface area contributed by atoms with Crippen molar-refractivity contribution in [1.82, 2.24) is 15.0 Å². The van der Waals surface area contributed by atoms with E-state index in [1.807, 2.05) is 24.4 Å². The lowest BCUT2D eigenvalue weighted by Crippen LogP contribution is -2.27. The summed E-state index contributed by atoms with van der Waals surface area (Å²) < 4.78 is 5.52. The molecule has 0 aromatic carbocycles. The molecule has 5 nitrogen and oxygen atoms in total. The third-order valence-electron chi connectivity index (χ3n) is 4.51. The van der Waals surface area contributed by atoms with Gasteiger partial charge in [0, 0.05) is 42.7 Å². The molecule has 6 heteroatoms. The molecule has 3 aromatic rings. The smallest absolute Gasteiger partial charge is 0.223 e. The Morgan fingerprint density at radius 2 is 2.16 bits per heavy atom. The van der Waals surface area contributed by atoms with Crippen molar-refractivity contribution in [1.29, 1.82) is 0 Å². The fraction of sp³-hybridized carbons (Fsp3) is 0.316. The monoisotopic (exact) mass is 352 g/mol. The van der Waals surface area contributed by atoms with E-state index in [0.29, 0.717) is 5.95 Å². The van der Waals surface area contributed by atoms with Gasteiger partial charge in [0.1, 0.15) is 0 Å². The first-order valence-corrected chi connectivity index (χ1v) is 9.24. The van der Waals surface area contributed by atoms with Gasteiger partial charge in [-0.3, -0.25) is 4.98 Å². The largest absolute Gasteiger partial charge is 0.381 e. The molecule has 0 aliphatic carbocycles. The summed E-state index contributed by atoms with van der Waals surface area (Å²) in [5.41, 5.74) is 3.19. The minimum atomic E-state index is 0.149. The van der Waals surface area contributed by atoms with E-state index in [0.717, 1.165) is 47.9 Å². The van der Waals surface area contributed by atoms with Gasteiger partial charge in [0.25, 0.3) is 0 Å². The minimum Gasteiger partial charge on any atom is -0.381 e. The van der Waals surface area contributed by atoms with Gasteiger partial charge in [0.2, 0.25) is 5.95 Å². The van der Waals surface area contributed by atoms with Gasteiger partial charge in [-0.05, 0) is 35.6 Å². The highest BCUT2D eigenvalue weighted by atomic mass is 32.1. The van der Waals surface area contributed by atoms with Crippen molar-refractivity contribution in [2.45, 2.75) is 13.3 Å². The number of nitrogens with one attached hydrogen (secondary N) is 1. The van der Waals surface area contributed by atoms with Crippen LogP contribution in [0, 0.1) is 5.41 Å². The number of pyridine rings is 1. The van der Waals surface area contributed by atoms with E-state index in [1.54, 1.807) is 23.7 Å². The fourth-order valence-corrected chi connectivity index (χ4v) is 3.68. The third kappa shape index (κ3) is 3.55. The second-order valence-corrected chi connectivity index (χ2v) is 7.58. The van der Waals surface area contributed by atoms with Crippen LogP contribution in [0.5, 0.6) is 0 Å². The van der Waals surface area contributed by atoms with Crippen molar-refractivity contribution in [3.63, 3.8) is 0 Å². The van der Waals surface area contributed by atoms with Gasteiger partial charge in [-0.2, -0.15) is 0 Å². The van der Waals surface area contributed by atoms with Gasteiger partial charge in [-0.1, -0.05) is 13.0 Å². The number of anilines is 1. The zero-order valence-electron chi connectivity index (χ0n) is 14.1. The summed E-state index contributed by atoms with van der Waals surface area (Å²) in [5.74, 6) is 0.661. The van der Waals surface area contributed by atoms with E-state index < -0.39 is 0 Å². The Morgan fingerprint density at radius 1 is 1.28 bits per heavy atom. The van der Waals surface area contributed by atoms with E-state index in [1.165, 1.54) is 0 Å². The van der Waals surface area contributed by atoms with Crippen molar-refractivity contribution in [2.24, 2.45) is 5.41 Å². The van der Waals surface area contributed by atoms with Crippen LogP contribution in [0.3, 0.4) is 0 Å². The average molecular weight is 352 g/mol. The molecule has 1 saturated heterocycles. The molecule has 0 spiro atoms. The van der Waals surface area contributed by atoms with Crippen LogP contribution in [-0.4, -0.2) is 34.7 Å². The molecule has 0 saturated carbocycles. The Kier molecular flexibility index (Phi) is 4.46. The van der Waals surface area contributed by atoms with Crippen LogP contribution in [-0.2, 0) is 4.74 Å². The molecule has 3 aromatic heterocycles. The maximum atomic E-state index is 5.52. The van der Waals surface area contributed by atoms with Crippen LogP contribution < -0.4 is 5.32 Å². The molecule has 1 unspecified atom stereocenters. The van der Waals surface area contributed by atoms with Gasteiger partial charge >= 0.3 is 0 Å². The van der Waals surface area contributed by atoms with Gasteiger partial charge in [0.05, 0.1) is 17.2 Å². The normalized spacial score (nSPS) is 19.9. The van der Waals surface area contributed by atoms with E-state index in [-0.39, 0.29) is 5.41 Å². The maximum absolute atomic E-state index is 5.52. The Balaban J connectivity index is 1.65. The summed E-state index contributed by atoms with van der Waals surface area (Å²) in [7, 11) is 0. The van der Waals surface area contributed by atoms with Crippen LogP contribution in [0.25, 0.3) is 21.7 Å². The minimum absolute atomic E-state index is 0.149. The maximum Gasteiger partial charge on any atom is 0.223 e. The number of thiophene rings is 1. The number of hydrogen-bond donors (Lipinski definition) is 1. The van der Waals surface area contributed by atoms with Crippen LogP contribution in [0.2, 0.25) is 0 Å². The molecule has 128 valence electrons. The van der Waals surface area contributed by atoms with E-state index in [4.69, 9.17) is 9.72 Å². The highest BCUT2D eigenvalue weighted by molar-refractivity contribution is 7.13. The number of aromatic nitrogens is 3. The highest BCUT2D eigenvalue weighted by Gasteiger charge is 2.29. The summed E-state index contributed by atoms with van der Waals surface area (Å²) in [4.78, 5) is 14.6. The summed E-state index contributed by atoms with van der Waals surface area (Å²) in [6.07, 6.45) is 6.54. The molecule has 25 heavy (non-hydrogen) atoms. The summed E-state index contributed by atoms with van der Waals surface area (Å²) >= 11 is 1.68. The zero-order valence-corrected chi connectivity index (χ0v) is 14.9. The van der Waals surface area contributed by atoms with E-state index >= 15 is 0 Å². The van der Waals surface area contributed by atoms with Crippen LogP contribution in [0.1, 0.15) is 13.3 Å². The highest BCUT2D eigenvalue weighted by Crippen LogP contribution is 2.33. The standard InChI is InChI=1S/C19H20N4OS/c1-19(6-9-24-13-19)12-22-18-21-11-15(14-4-7-20-8-5-14)17(23-18)16-3-2-10-25-16/h2-5,7-8,10-11H,6,9,12-13H2,1H3,(H,21,22,23). The van der Waals surface area contributed by atoms with E-state index in [2.05, 4.69) is 33.7 Å². The van der Waals surface area contributed by atoms with Crippen LogP contribution in [0.15, 0.2) is 48.2 Å². The second kappa shape index (κ2) is 6.90. The molecule has 1 fully saturated rings. The number of hydrogen-bond acceptors (Lipinski definition) is 6. The predicted octanol–water partition coefficient (Wildman–Crippen LogP) is 4.11. The molecule has 0 amide bonds. The molecule has 1 aliphatic heterocycles. The lowest BCUT2D eigenvalue weighted by atomic mass is 9.90. The lowest BCUT2D eigenvalue weighted by molar-refractivity contribution is 0.164. The first kappa shape index (κ1) is 16.2. The molecule has 0 bridgehead atoms. The lowest BCUT2D eigenvalue weighted by Gasteiger charge is -2.22. The number of rotatable bonds is 5. The van der Waals surface area contributed by atoms with Gasteiger partial charge < -0.3 is 10.1 Å². The van der Waals surface area contributed by atoms with Gasteiger partial charge in [-0.25, -0.2) is 9.97 Å². The molecular weight excluding hydrogens is 332 g/mol. The average Bonchev–Trinajstić information content (AvgIpc) is 3.33. The number of ether oxygens (including phenoxy) is 1. The van der Waals surface area contributed by atoms with Crippen molar-refractivity contribution in [2.75, 3.05) is 25.1 Å². The van der Waals surface area contributed by atoms with Crippen LogP contribution >= 0.6 is 11.3 Å². The zero-order chi connectivity index (χ0) is 17.1. The molecule has 0 radical (unpaired) electrons. The first-order chi connectivity index (χ1) is 12.2. The van der Waals surface area contributed by atoms with Crippen molar-refractivity contribution < 1.29 is 4.74 Å². The third-order valence-corrected chi connectivity index (χ3v) is 5.38. The molecular formula is C19H20N4OS. The Morgan fingerprint density at radius 3 is 2.88 bits per heavy atom. The molecule has 1 atom stereocenters. The fourth-order valence-electron chi connectivity index (χ4n) is 2.95. The molecule has 1 N–H and O–H groups in total. The number of nitrogens with zero attached hydrogens (tertiary/aromatic N) is 3. The predicted molar refractivity (Wildman–Crippen MR) is 101 cm³/mol. The molecule has 4 heterocycles. The van der Waals surface area contributed by atoms with E-state index in [9.17, 15) is 0 Å². The molecule has 4 rings (SSSR count).